The smallest absolute Gasteiger partial charge is 0.253 e. The number of nitriles is 1. The van der Waals surface area contributed by atoms with E-state index in [1.54, 1.807) is 5.38 Å². The number of thiophene rings is 2. The van der Waals surface area contributed by atoms with Gasteiger partial charge < -0.3 is 5.32 Å². The molecule has 2 rings (SSSR count). The van der Waals surface area contributed by atoms with Gasteiger partial charge in [-0.3, -0.25) is 4.79 Å². The molecule has 0 radical (unpaired) electrons. The van der Waals surface area contributed by atoms with Gasteiger partial charge in [0.1, 0.15) is 6.04 Å². The van der Waals surface area contributed by atoms with Gasteiger partial charge in [0.2, 0.25) is 0 Å². The Morgan fingerprint density at radius 1 is 1.41 bits per heavy atom. The SMILES string of the molecule is Cc1cscc1C(=O)NC(C#N)c1ccsc1. The molecule has 3 nitrogen and oxygen atoms in total. The fourth-order valence-corrected chi connectivity index (χ4v) is 2.95. The highest BCUT2D eigenvalue weighted by Gasteiger charge is 2.16. The van der Waals surface area contributed by atoms with Crippen LogP contribution in [0.4, 0.5) is 0 Å². The van der Waals surface area contributed by atoms with Gasteiger partial charge >= 0.3 is 0 Å². The molecule has 0 aliphatic rings. The average molecular weight is 262 g/mol. The molecule has 0 aliphatic heterocycles. The number of hydrogen-bond donors (Lipinski definition) is 1. The van der Waals surface area contributed by atoms with Crippen LogP contribution in [-0.4, -0.2) is 5.91 Å². The second-order valence-electron chi connectivity index (χ2n) is 3.56. The normalized spacial score (nSPS) is 11.8. The van der Waals surface area contributed by atoms with E-state index >= 15 is 0 Å². The summed E-state index contributed by atoms with van der Waals surface area (Å²) in [5.74, 6) is -0.193. The zero-order chi connectivity index (χ0) is 12.3. The summed E-state index contributed by atoms with van der Waals surface area (Å²) in [5.41, 5.74) is 2.42. The van der Waals surface area contributed by atoms with Crippen LogP contribution in [0.2, 0.25) is 0 Å². The molecule has 86 valence electrons. The highest BCUT2D eigenvalue weighted by Crippen LogP contribution is 2.18. The summed E-state index contributed by atoms with van der Waals surface area (Å²) >= 11 is 3.00. The van der Waals surface area contributed by atoms with Crippen LogP contribution >= 0.6 is 22.7 Å². The number of aryl methyl sites for hydroxylation is 1. The summed E-state index contributed by atoms with van der Waals surface area (Å²) in [7, 11) is 0. The maximum Gasteiger partial charge on any atom is 0.253 e. The molecule has 1 atom stereocenters. The lowest BCUT2D eigenvalue weighted by atomic mass is 10.1. The van der Waals surface area contributed by atoms with Crippen LogP contribution in [0.1, 0.15) is 27.5 Å². The first-order valence-electron chi connectivity index (χ1n) is 4.97. The van der Waals surface area contributed by atoms with Gasteiger partial charge in [0.15, 0.2) is 0 Å². The monoisotopic (exact) mass is 262 g/mol. The third kappa shape index (κ3) is 2.54. The zero-order valence-electron chi connectivity index (χ0n) is 9.14. The van der Waals surface area contributed by atoms with Crippen molar-refractivity contribution in [3.8, 4) is 6.07 Å². The lowest BCUT2D eigenvalue weighted by Crippen LogP contribution is -2.27. The number of rotatable bonds is 3. The van der Waals surface area contributed by atoms with Crippen LogP contribution in [0.25, 0.3) is 0 Å². The van der Waals surface area contributed by atoms with Crippen molar-refractivity contribution in [2.45, 2.75) is 13.0 Å². The zero-order valence-corrected chi connectivity index (χ0v) is 10.8. The Labute approximate surface area is 107 Å². The molecule has 0 fully saturated rings. The maximum absolute atomic E-state index is 11.9. The van der Waals surface area contributed by atoms with Gasteiger partial charge in [-0.05, 0) is 40.3 Å². The molecule has 0 saturated carbocycles. The van der Waals surface area contributed by atoms with E-state index in [0.29, 0.717) is 5.56 Å². The number of amides is 1. The standard InChI is InChI=1S/C12H10N2OS2/c1-8-5-17-7-10(8)12(15)14-11(4-13)9-2-3-16-6-9/h2-3,5-7,11H,1H3,(H,14,15). The Bertz CT molecular complexity index is 551. The summed E-state index contributed by atoms with van der Waals surface area (Å²) in [6.07, 6.45) is 0. The minimum Gasteiger partial charge on any atom is -0.332 e. The molecule has 0 aliphatic carbocycles. The van der Waals surface area contributed by atoms with Crippen molar-refractivity contribution < 1.29 is 4.79 Å². The van der Waals surface area contributed by atoms with E-state index in [9.17, 15) is 4.79 Å². The Balaban J connectivity index is 2.14. The van der Waals surface area contributed by atoms with Crippen molar-refractivity contribution in [2.75, 3.05) is 0 Å². The van der Waals surface area contributed by atoms with Crippen molar-refractivity contribution in [3.63, 3.8) is 0 Å². The highest BCUT2D eigenvalue weighted by molar-refractivity contribution is 7.08. The lowest BCUT2D eigenvalue weighted by Gasteiger charge is -2.09. The third-order valence-corrected chi connectivity index (χ3v) is 3.94. The van der Waals surface area contributed by atoms with E-state index < -0.39 is 6.04 Å². The number of carbonyl (C=O) groups is 1. The minimum atomic E-state index is -0.576. The van der Waals surface area contributed by atoms with Gasteiger partial charge in [-0.25, -0.2) is 0 Å². The van der Waals surface area contributed by atoms with Gasteiger partial charge in [-0.2, -0.15) is 27.9 Å². The predicted octanol–water partition coefficient (Wildman–Crippen LogP) is 3.11. The molecule has 0 spiro atoms. The van der Waals surface area contributed by atoms with Crippen molar-refractivity contribution in [1.82, 2.24) is 5.32 Å². The van der Waals surface area contributed by atoms with Crippen molar-refractivity contribution in [2.24, 2.45) is 0 Å². The molecular formula is C12H10N2OS2. The summed E-state index contributed by atoms with van der Waals surface area (Å²) in [4.78, 5) is 11.9. The van der Waals surface area contributed by atoms with E-state index in [1.807, 2.05) is 29.1 Å². The van der Waals surface area contributed by atoms with Gasteiger partial charge in [0, 0.05) is 5.38 Å². The molecule has 0 saturated heterocycles. The average Bonchev–Trinajstić information content (AvgIpc) is 2.96. The minimum absolute atomic E-state index is 0.193. The summed E-state index contributed by atoms with van der Waals surface area (Å²) in [6.45, 7) is 1.89. The van der Waals surface area contributed by atoms with Crippen LogP contribution in [0, 0.1) is 18.3 Å². The van der Waals surface area contributed by atoms with Gasteiger partial charge in [-0.15, -0.1) is 0 Å². The molecule has 1 N–H and O–H groups in total. The lowest BCUT2D eigenvalue weighted by molar-refractivity contribution is 0.0945. The molecule has 0 aromatic carbocycles. The first kappa shape index (κ1) is 11.8. The van der Waals surface area contributed by atoms with Crippen LogP contribution in [0.3, 0.4) is 0 Å². The van der Waals surface area contributed by atoms with Crippen molar-refractivity contribution in [1.29, 1.82) is 5.26 Å². The third-order valence-electron chi connectivity index (χ3n) is 2.38. The fraction of sp³-hybridized carbons (Fsp3) is 0.167. The summed E-state index contributed by atoms with van der Waals surface area (Å²) < 4.78 is 0. The maximum atomic E-state index is 11.9. The molecule has 1 unspecified atom stereocenters. The van der Waals surface area contributed by atoms with E-state index in [4.69, 9.17) is 5.26 Å². The Kier molecular flexibility index (Phi) is 3.57. The van der Waals surface area contributed by atoms with Crippen LogP contribution in [-0.2, 0) is 0 Å². The molecule has 2 heterocycles. The van der Waals surface area contributed by atoms with Crippen LogP contribution < -0.4 is 5.32 Å². The van der Waals surface area contributed by atoms with Crippen LogP contribution in [0.5, 0.6) is 0 Å². The molecule has 0 bridgehead atoms. The summed E-state index contributed by atoms with van der Waals surface area (Å²) in [6, 6.07) is 3.37. The first-order valence-corrected chi connectivity index (χ1v) is 6.86. The Morgan fingerprint density at radius 2 is 2.24 bits per heavy atom. The topological polar surface area (TPSA) is 52.9 Å². The van der Waals surface area contributed by atoms with E-state index in [1.165, 1.54) is 22.7 Å². The van der Waals surface area contributed by atoms with Crippen molar-refractivity contribution in [3.05, 3.63) is 44.3 Å². The number of nitrogens with zero attached hydrogens (tertiary/aromatic N) is 1. The van der Waals surface area contributed by atoms with Gasteiger partial charge in [0.25, 0.3) is 5.91 Å². The predicted molar refractivity (Wildman–Crippen MR) is 69.2 cm³/mol. The molecule has 17 heavy (non-hydrogen) atoms. The molecule has 5 heteroatoms. The Morgan fingerprint density at radius 3 is 2.76 bits per heavy atom. The molecule has 1 amide bonds. The molecule has 2 aromatic heterocycles. The largest absolute Gasteiger partial charge is 0.332 e. The highest BCUT2D eigenvalue weighted by atomic mass is 32.1. The van der Waals surface area contributed by atoms with E-state index in [2.05, 4.69) is 11.4 Å². The summed E-state index contributed by atoms with van der Waals surface area (Å²) in [5, 5.41) is 19.3. The van der Waals surface area contributed by atoms with Gasteiger partial charge in [0.05, 0.1) is 11.6 Å². The first-order chi connectivity index (χ1) is 8.22. The van der Waals surface area contributed by atoms with Gasteiger partial charge in [-0.1, -0.05) is 0 Å². The number of carbonyl (C=O) groups excluding carboxylic acids is 1. The number of nitrogens with one attached hydrogen (secondary N) is 1. The molecule has 2 aromatic rings. The van der Waals surface area contributed by atoms with E-state index in [0.717, 1.165) is 11.1 Å². The fourth-order valence-electron chi connectivity index (χ4n) is 1.43. The Hall–Kier alpha value is -1.64. The second-order valence-corrected chi connectivity index (χ2v) is 5.08. The second kappa shape index (κ2) is 5.13. The van der Waals surface area contributed by atoms with E-state index in [-0.39, 0.29) is 5.91 Å². The quantitative estimate of drug-likeness (QED) is 0.924. The van der Waals surface area contributed by atoms with Crippen molar-refractivity contribution >= 4 is 28.6 Å². The van der Waals surface area contributed by atoms with Crippen LogP contribution in [0.15, 0.2) is 27.6 Å². The molecular weight excluding hydrogens is 252 g/mol. The number of hydrogen-bond acceptors (Lipinski definition) is 4.